The molecule has 4 nitrogen and oxygen atoms in total. The number of fused-ring (bicyclic) bond motifs is 1. The van der Waals surface area contributed by atoms with Gasteiger partial charge in [-0.05, 0) is 36.0 Å². The Hall–Kier alpha value is -1.50. The Morgan fingerprint density at radius 3 is 2.64 bits per heavy atom. The van der Waals surface area contributed by atoms with Crippen LogP contribution in [0.1, 0.15) is 5.69 Å². The Morgan fingerprint density at radius 2 is 1.95 bits per heavy atom. The van der Waals surface area contributed by atoms with Gasteiger partial charge < -0.3 is 9.94 Å². The van der Waals surface area contributed by atoms with Gasteiger partial charge in [0, 0.05) is 20.9 Å². The van der Waals surface area contributed by atoms with E-state index in [2.05, 4.69) is 15.9 Å². The van der Waals surface area contributed by atoms with Crippen LogP contribution in [0.5, 0.6) is 0 Å². The van der Waals surface area contributed by atoms with E-state index in [1.165, 1.54) is 17.8 Å². The van der Waals surface area contributed by atoms with Crippen molar-refractivity contribution in [3.63, 3.8) is 0 Å². The third kappa shape index (κ3) is 2.74. The minimum Gasteiger partial charge on any atom is -0.805 e. The average molecular weight is 398 g/mol. The molecule has 0 spiro atoms. The van der Waals surface area contributed by atoms with Gasteiger partial charge in [-0.2, -0.15) is 0 Å². The molecule has 0 atom stereocenters. The van der Waals surface area contributed by atoms with Crippen molar-refractivity contribution in [2.75, 3.05) is 0 Å². The molecule has 7 heteroatoms. The van der Waals surface area contributed by atoms with Crippen LogP contribution in [0.3, 0.4) is 0 Å². The van der Waals surface area contributed by atoms with E-state index in [0.717, 1.165) is 14.1 Å². The number of nitrogens with zero attached hydrogens (tertiary/aromatic N) is 2. The molecule has 0 bridgehead atoms. The fraction of sp³-hybridized carbons (Fsp3) is 0.0667. The first-order chi connectivity index (χ1) is 10.6. The van der Waals surface area contributed by atoms with Gasteiger partial charge in [0.15, 0.2) is 0 Å². The van der Waals surface area contributed by atoms with Gasteiger partial charge in [-0.3, -0.25) is 0 Å². The van der Waals surface area contributed by atoms with E-state index in [1.807, 2.05) is 30.3 Å². The maximum atomic E-state index is 12.7. The van der Waals surface area contributed by atoms with Crippen molar-refractivity contribution in [2.45, 2.75) is 15.3 Å². The minimum atomic E-state index is 0.259. The van der Waals surface area contributed by atoms with E-state index in [-0.39, 0.29) is 10.8 Å². The number of benzene rings is 2. The number of halogens is 2. The highest BCUT2D eigenvalue weighted by Gasteiger charge is 2.23. The number of rotatable bonds is 3. The highest BCUT2D eigenvalue weighted by Crippen LogP contribution is 2.30. The van der Waals surface area contributed by atoms with Gasteiger partial charge in [-0.25, -0.2) is 0 Å². The zero-order chi connectivity index (χ0) is 15.7. The second kappa shape index (κ2) is 6.32. The first-order valence-corrected chi connectivity index (χ1v) is 8.69. The summed E-state index contributed by atoms with van der Waals surface area (Å²) in [4.78, 5) is 13.5. The van der Waals surface area contributed by atoms with E-state index in [1.54, 1.807) is 12.1 Å². The summed E-state index contributed by atoms with van der Waals surface area (Å²) in [5.41, 5.74) is 0.913. The van der Waals surface area contributed by atoms with Crippen LogP contribution < -0.4 is 4.43 Å². The van der Waals surface area contributed by atoms with Crippen LogP contribution in [-0.2, 0) is 5.33 Å². The van der Waals surface area contributed by atoms with Crippen molar-refractivity contribution in [3.8, 4) is 0 Å². The van der Waals surface area contributed by atoms with Crippen LogP contribution in [0.2, 0.25) is 5.02 Å². The quantitative estimate of drug-likeness (QED) is 0.479. The molecule has 22 heavy (non-hydrogen) atoms. The second-order valence-electron chi connectivity index (χ2n) is 4.52. The molecule has 0 radical (unpaired) electrons. The number of alkyl halides is 1. The zero-order valence-electron chi connectivity index (χ0n) is 11.2. The molecule has 0 aliphatic heterocycles. The van der Waals surface area contributed by atoms with Crippen LogP contribution in [0.25, 0.3) is 11.0 Å². The molecule has 2 aromatic carbocycles. The number of aromatic nitrogens is 2. The maximum absolute atomic E-state index is 12.7. The number of hydrogen-bond acceptors (Lipinski definition) is 3. The smallest absolute Gasteiger partial charge is 0.321 e. The lowest BCUT2D eigenvalue weighted by Crippen LogP contribution is -2.24. The lowest BCUT2D eigenvalue weighted by atomic mass is 10.3. The summed E-state index contributed by atoms with van der Waals surface area (Å²) in [6.45, 7) is 0. The third-order valence-corrected chi connectivity index (χ3v) is 5.00. The Bertz CT molecular complexity index is 899. The summed E-state index contributed by atoms with van der Waals surface area (Å²) >= 11 is 10.5. The van der Waals surface area contributed by atoms with Gasteiger partial charge >= 0.3 is 5.03 Å². The van der Waals surface area contributed by atoms with Gasteiger partial charge in [0.05, 0.1) is 9.76 Å². The lowest BCUT2D eigenvalue weighted by molar-refractivity contribution is -0.510. The van der Waals surface area contributed by atoms with E-state index in [0.29, 0.717) is 21.3 Å². The van der Waals surface area contributed by atoms with E-state index in [4.69, 9.17) is 11.6 Å². The van der Waals surface area contributed by atoms with Gasteiger partial charge in [-0.15, -0.1) is 0 Å². The molecule has 1 heterocycles. The average Bonchev–Trinajstić information content (AvgIpc) is 2.53. The standard InChI is InChI=1S/C15H10BrClN2O2S/c16-9-14-15(22-11-4-2-1-3-5-11)19(21)12-7-6-10(17)8-13(12)18(14)20/h1-8H,9H2. The molecular weight excluding hydrogens is 388 g/mol. The van der Waals surface area contributed by atoms with Crippen molar-refractivity contribution >= 4 is 50.3 Å². The summed E-state index contributed by atoms with van der Waals surface area (Å²) in [7, 11) is 0. The second-order valence-corrected chi connectivity index (χ2v) is 6.58. The monoisotopic (exact) mass is 396 g/mol. The summed E-state index contributed by atoms with van der Waals surface area (Å²) in [5, 5.41) is 13.6. The van der Waals surface area contributed by atoms with Crippen molar-refractivity contribution in [1.82, 2.24) is 4.73 Å². The molecule has 112 valence electrons. The van der Waals surface area contributed by atoms with Gasteiger partial charge in [-0.1, -0.05) is 45.7 Å². The summed E-state index contributed by atoms with van der Waals surface area (Å²) < 4.78 is 1.55. The lowest BCUT2D eigenvalue weighted by Gasteiger charge is -2.17. The van der Waals surface area contributed by atoms with E-state index >= 15 is 0 Å². The fourth-order valence-corrected chi connectivity index (χ4v) is 3.92. The van der Waals surface area contributed by atoms with Gasteiger partial charge in [0.2, 0.25) is 0 Å². The van der Waals surface area contributed by atoms with Crippen molar-refractivity contribution in [3.05, 3.63) is 69.4 Å². The van der Waals surface area contributed by atoms with Gasteiger partial charge in [0.25, 0.3) is 5.52 Å². The highest BCUT2D eigenvalue weighted by atomic mass is 79.9. The Kier molecular flexibility index (Phi) is 4.42. The topological polar surface area (TPSA) is 51.0 Å². The molecule has 0 aliphatic carbocycles. The molecule has 0 fully saturated rings. The van der Waals surface area contributed by atoms with E-state index in [9.17, 15) is 10.1 Å². The summed E-state index contributed by atoms with van der Waals surface area (Å²) in [6.07, 6.45) is 0. The van der Waals surface area contributed by atoms with E-state index < -0.39 is 0 Å². The van der Waals surface area contributed by atoms with Crippen molar-refractivity contribution < 1.29 is 4.43 Å². The van der Waals surface area contributed by atoms with Crippen LogP contribution >= 0.6 is 39.3 Å². The summed E-state index contributed by atoms with van der Waals surface area (Å²) in [5.74, 6) is 0. The molecule has 0 aliphatic rings. The zero-order valence-corrected chi connectivity index (χ0v) is 14.4. The molecule has 0 amide bonds. The largest absolute Gasteiger partial charge is 0.805 e. The molecule has 0 N–H and O–H groups in total. The predicted octanol–water partition coefficient (Wildman–Crippen LogP) is 4.60. The molecule has 0 saturated heterocycles. The SMILES string of the molecule is O=[n+]1c(Sc2ccccc2)c(CBr)n([O-])c2cc(Cl)ccc21. The normalized spacial score (nSPS) is 11.0. The van der Waals surface area contributed by atoms with Crippen molar-refractivity contribution in [2.24, 2.45) is 0 Å². The molecule has 1 aromatic heterocycles. The summed E-state index contributed by atoms with van der Waals surface area (Å²) in [6, 6.07) is 14.1. The Balaban J connectivity index is 2.27. The first-order valence-electron chi connectivity index (χ1n) is 6.38. The molecule has 3 rings (SSSR count). The number of hydrogen-bond donors (Lipinski definition) is 0. The Morgan fingerprint density at radius 1 is 1.23 bits per heavy atom. The molecular formula is C15H10BrClN2O2S. The van der Waals surface area contributed by atoms with Crippen LogP contribution in [0.15, 0.2) is 58.5 Å². The predicted molar refractivity (Wildman–Crippen MR) is 92.3 cm³/mol. The fourth-order valence-electron chi connectivity index (χ4n) is 2.10. The molecule has 0 saturated carbocycles. The minimum absolute atomic E-state index is 0.259. The van der Waals surface area contributed by atoms with Crippen molar-refractivity contribution in [1.29, 1.82) is 0 Å². The molecule has 0 unspecified atom stereocenters. The van der Waals surface area contributed by atoms with Crippen LogP contribution in [0, 0.1) is 10.1 Å². The van der Waals surface area contributed by atoms with Crippen LogP contribution in [0.4, 0.5) is 0 Å². The third-order valence-electron chi connectivity index (χ3n) is 3.14. The molecule has 3 aromatic rings. The highest BCUT2D eigenvalue weighted by molar-refractivity contribution is 9.08. The van der Waals surface area contributed by atoms with Crippen LogP contribution in [-0.4, -0.2) is 4.73 Å². The van der Waals surface area contributed by atoms with Gasteiger partial charge in [0.1, 0.15) is 11.2 Å². The first kappa shape index (κ1) is 15.4. The Labute approximate surface area is 144 Å². The maximum Gasteiger partial charge on any atom is 0.321 e.